The quantitative estimate of drug-likeness (QED) is 0.719. The molecule has 0 aliphatic heterocycles. The second-order valence-corrected chi connectivity index (χ2v) is 7.97. The molecule has 0 radical (unpaired) electrons. The first-order valence-electron chi connectivity index (χ1n) is 8.27. The van der Waals surface area contributed by atoms with Crippen molar-refractivity contribution in [2.45, 2.75) is 24.8 Å². The van der Waals surface area contributed by atoms with Gasteiger partial charge in [-0.15, -0.1) is 0 Å². The molecule has 0 saturated heterocycles. The molecule has 0 spiro atoms. The van der Waals surface area contributed by atoms with Gasteiger partial charge in [-0.25, -0.2) is 12.8 Å². The third-order valence-corrected chi connectivity index (χ3v) is 5.83. The van der Waals surface area contributed by atoms with E-state index in [2.05, 4.69) is 4.72 Å². The van der Waals surface area contributed by atoms with E-state index in [9.17, 15) is 12.8 Å². The Morgan fingerprint density at radius 3 is 2.08 bits per heavy atom. The van der Waals surface area contributed by atoms with Crippen molar-refractivity contribution in [2.24, 2.45) is 0 Å². The van der Waals surface area contributed by atoms with E-state index >= 15 is 0 Å². The van der Waals surface area contributed by atoms with Gasteiger partial charge in [0.15, 0.2) is 0 Å². The van der Waals surface area contributed by atoms with Crippen LogP contribution in [0.2, 0.25) is 0 Å². The van der Waals surface area contributed by atoms with Gasteiger partial charge < -0.3 is 0 Å². The average Bonchev–Trinajstić information content (AvgIpc) is 2.61. The maximum atomic E-state index is 13.4. The van der Waals surface area contributed by atoms with E-state index in [-0.39, 0.29) is 4.90 Å². The molecule has 0 unspecified atom stereocenters. The van der Waals surface area contributed by atoms with Crippen molar-refractivity contribution in [3.8, 4) is 0 Å². The Balaban J connectivity index is 2.04. The Kier molecular flexibility index (Phi) is 5.20. The standard InChI is InChI=1S/C21H20FNO2S/c1-15-8-10-18(11-9-15)21(17-6-4-3-5-7-17)23-26(24,25)20-13-12-19(22)14-16(20)2/h3-14,21,23H,1-2H3/t21-/m0/s1. The second-order valence-electron chi connectivity index (χ2n) is 6.29. The number of halogens is 1. The molecule has 0 heterocycles. The zero-order valence-electron chi connectivity index (χ0n) is 14.6. The highest BCUT2D eigenvalue weighted by Gasteiger charge is 2.24. The van der Waals surface area contributed by atoms with Gasteiger partial charge >= 0.3 is 0 Å². The van der Waals surface area contributed by atoms with Crippen molar-refractivity contribution < 1.29 is 12.8 Å². The van der Waals surface area contributed by atoms with Gasteiger partial charge in [0.2, 0.25) is 10.0 Å². The Morgan fingerprint density at radius 1 is 0.846 bits per heavy atom. The molecule has 134 valence electrons. The van der Waals surface area contributed by atoms with Gasteiger partial charge in [0.25, 0.3) is 0 Å². The number of hydrogen-bond acceptors (Lipinski definition) is 2. The fraction of sp³-hybridized carbons (Fsp3) is 0.143. The SMILES string of the molecule is Cc1ccc([C@@H](NS(=O)(=O)c2ccc(F)cc2C)c2ccccc2)cc1. The maximum Gasteiger partial charge on any atom is 0.241 e. The molecule has 1 N–H and O–H groups in total. The van der Waals surface area contributed by atoms with E-state index in [1.807, 2.05) is 61.5 Å². The predicted molar refractivity (Wildman–Crippen MR) is 101 cm³/mol. The molecule has 0 amide bonds. The van der Waals surface area contributed by atoms with Gasteiger partial charge in [0.1, 0.15) is 5.82 Å². The van der Waals surface area contributed by atoms with Crippen LogP contribution in [-0.4, -0.2) is 8.42 Å². The van der Waals surface area contributed by atoms with E-state index in [0.717, 1.165) is 22.8 Å². The second kappa shape index (κ2) is 7.40. The van der Waals surface area contributed by atoms with Crippen LogP contribution in [0.4, 0.5) is 4.39 Å². The summed E-state index contributed by atoms with van der Waals surface area (Å²) in [7, 11) is -3.83. The van der Waals surface area contributed by atoms with Crippen LogP contribution in [0.3, 0.4) is 0 Å². The Hall–Kier alpha value is -2.50. The fourth-order valence-electron chi connectivity index (χ4n) is 2.87. The van der Waals surface area contributed by atoms with Gasteiger partial charge in [-0.05, 0) is 48.7 Å². The summed E-state index contributed by atoms with van der Waals surface area (Å²) in [4.78, 5) is 0.0759. The molecule has 5 heteroatoms. The summed E-state index contributed by atoms with van der Waals surface area (Å²) in [5.74, 6) is -0.459. The molecule has 0 bridgehead atoms. The number of nitrogens with one attached hydrogen (secondary N) is 1. The number of aryl methyl sites for hydroxylation is 2. The summed E-state index contributed by atoms with van der Waals surface area (Å²) in [6, 6.07) is 20.2. The number of benzene rings is 3. The van der Waals surface area contributed by atoms with Crippen molar-refractivity contribution in [3.63, 3.8) is 0 Å². The van der Waals surface area contributed by atoms with Crippen LogP contribution in [0.15, 0.2) is 77.7 Å². The fourth-order valence-corrected chi connectivity index (χ4v) is 4.31. The molecule has 3 rings (SSSR count). The van der Waals surface area contributed by atoms with Crippen LogP contribution < -0.4 is 4.72 Å². The monoisotopic (exact) mass is 369 g/mol. The topological polar surface area (TPSA) is 46.2 Å². The molecular weight excluding hydrogens is 349 g/mol. The largest absolute Gasteiger partial charge is 0.241 e. The molecule has 3 aromatic carbocycles. The van der Waals surface area contributed by atoms with Crippen molar-refractivity contribution in [3.05, 3.63) is 101 Å². The lowest BCUT2D eigenvalue weighted by atomic mass is 9.99. The lowest BCUT2D eigenvalue weighted by molar-refractivity contribution is 0.570. The minimum atomic E-state index is -3.83. The van der Waals surface area contributed by atoms with E-state index < -0.39 is 21.9 Å². The zero-order valence-corrected chi connectivity index (χ0v) is 15.4. The zero-order chi connectivity index (χ0) is 18.7. The molecular formula is C21H20FNO2S. The number of sulfonamides is 1. The van der Waals surface area contributed by atoms with Crippen LogP contribution in [0.5, 0.6) is 0 Å². The molecule has 0 aliphatic carbocycles. The molecule has 0 aliphatic rings. The summed E-state index contributed by atoms with van der Waals surface area (Å²) >= 11 is 0. The summed E-state index contributed by atoms with van der Waals surface area (Å²) in [6.45, 7) is 3.56. The highest BCUT2D eigenvalue weighted by Crippen LogP contribution is 2.26. The summed E-state index contributed by atoms with van der Waals surface area (Å²) in [6.07, 6.45) is 0. The van der Waals surface area contributed by atoms with E-state index in [1.54, 1.807) is 6.92 Å². The van der Waals surface area contributed by atoms with Crippen LogP contribution in [0.25, 0.3) is 0 Å². The minimum absolute atomic E-state index is 0.0759. The highest BCUT2D eigenvalue weighted by molar-refractivity contribution is 7.89. The molecule has 0 fully saturated rings. The Labute approximate surface area is 153 Å². The van der Waals surface area contributed by atoms with Crippen molar-refractivity contribution in [1.29, 1.82) is 0 Å². The first kappa shape index (κ1) is 18.3. The van der Waals surface area contributed by atoms with Crippen LogP contribution >= 0.6 is 0 Å². The molecule has 0 aromatic heterocycles. The van der Waals surface area contributed by atoms with E-state index in [0.29, 0.717) is 5.56 Å². The van der Waals surface area contributed by atoms with Gasteiger partial charge in [-0.2, -0.15) is 4.72 Å². The van der Waals surface area contributed by atoms with Crippen LogP contribution in [-0.2, 0) is 10.0 Å². The Bertz CT molecular complexity index is 1000. The number of hydrogen-bond donors (Lipinski definition) is 1. The van der Waals surface area contributed by atoms with Gasteiger partial charge in [-0.3, -0.25) is 0 Å². The first-order valence-corrected chi connectivity index (χ1v) is 9.75. The third-order valence-electron chi connectivity index (χ3n) is 4.24. The average molecular weight is 369 g/mol. The Morgan fingerprint density at radius 2 is 1.46 bits per heavy atom. The van der Waals surface area contributed by atoms with Crippen LogP contribution in [0, 0.1) is 19.7 Å². The minimum Gasteiger partial charge on any atom is -0.207 e. The lowest BCUT2D eigenvalue weighted by Gasteiger charge is -2.21. The molecule has 1 atom stereocenters. The van der Waals surface area contributed by atoms with Crippen molar-refractivity contribution in [1.82, 2.24) is 4.72 Å². The van der Waals surface area contributed by atoms with Gasteiger partial charge in [0.05, 0.1) is 10.9 Å². The number of rotatable bonds is 5. The maximum absolute atomic E-state index is 13.4. The molecule has 0 saturated carbocycles. The summed E-state index contributed by atoms with van der Waals surface area (Å²) in [5, 5.41) is 0. The first-order chi connectivity index (χ1) is 12.4. The van der Waals surface area contributed by atoms with E-state index in [4.69, 9.17) is 0 Å². The molecule has 3 aromatic rings. The third kappa shape index (κ3) is 4.00. The summed E-state index contributed by atoms with van der Waals surface area (Å²) < 4.78 is 42.0. The molecule has 3 nitrogen and oxygen atoms in total. The smallest absolute Gasteiger partial charge is 0.207 e. The van der Waals surface area contributed by atoms with Crippen molar-refractivity contribution >= 4 is 10.0 Å². The van der Waals surface area contributed by atoms with E-state index in [1.165, 1.54) is 12.1 Å². The van der Waals surface area contributed by atoms with Gasteiger partial charge in [-0.1, -0.05) is 60.2 Å². The van der Waals surface area contributed by atoms with Crippen LogP contribution in [0.1, 0.15) is 28.3 Å². The lowest BCUT2D eigenvalue weighted by Crippen LogP contribution is -2.30. The predicted octanol–water partition coefficient (Wildman–Crippen LogP) is 4.51. The molecule has 26 heavy (non-hydrogen) atoms. The summed E-state index contributed by atoms with van der Waals surface area (Å²) in [5.41, 5.74) is 3.14. The highest BCUT2D eigenvalue weighted by atomic mass is 32.2. The normalized spacial score (nSPS) is 12.7. The van der Waals surface area contributed by atoms with Crippen molar-refractivity contribution in [2.75, 3.05) is 0 Å². The van der Waals surface area contributed by atoms with Gasteiger partial charge in [0, 0.05) is 0 Å².